The maximum absolute atomic E-state index is 11.9. The van der Waals surface area contributed by atoms with Crippen molar-refractivity contribution in [1.82, 2.24) is 9.88 Å². The minimum atomic E-state index is -0.178. The van der Waals surface area contributed by atoms with Crippen LogP contribution in [-0.4, -0.2) is 42.1 Å². The van der Waals surface area contributed by atoms with Gasteiger partial charge in [-0.15, -0.1) is 0 Å². The Morgan fingerprint density at radius 3 is 2.29 bits per heavy atom. The van der Waals surface area contributed by atoms with E-state index in [9.17, 15) is 4.39 Å². The van der Waals surface area contributed by atoms with Crippen molar-refractivity contribution in [2.24, 2.45) is 0 Å². The van der Waals surface area contributed by atoms with E-state index in [0.29, 0.717) is 0 Å². The van der Waals surface area contributed by atoms with E-state index in [1.54, 1.807) is 18.2 Å². The molecule has 2 aliphatic heterocycles. The topological polar surface area (TPSA) is 19.4 Å². The second kappa shape index (κ2) is 10.5. The van der Waals surface area contributed by atoms with Gasteiger partial charge in [-0.05, 0) is 79.3 Å². The molecule has 0 unspecified atom stereocenters. The van der Waals surface area contributed by atoms with Crippen LogP contribution in [0, 0.1) is 5.82 Å². The lowest BCUT2D eigenvalue weighted by Gasteiger charge is -2.37. The number of nitrogens with zero attached hydrogens (tertiary/aromatic N) is 3. The van der Waals surface area contributed by atoms with E-state index in [2.05, 4.69) is 52.0 Å². The van der Waals surface area contributed by atoms with Crippen molar-refractivity contribution in [3.8, 4) is 0 Å². The quantitative estimate of drug-likeness (QED) is 0.571. The molecule has 0 spiro atoms. The summed E-state index contributed by atoms with van der Waals surface area (Å²) in [6.07, 6.45) is 8.59. The Balaban J connectivity index is 0.000000282. The molecule has 0 N–H and O–H groups in total. The van der Waals surface area contributed by atoms with Crippen molar-refractivity contribution in [1.29, 1.82) is 0 Å². The molecular formula is C27H32FN3. The van der Waals surface area contributed by atoms with Crippen LogP contribution in [0.4, 0.5) is 10.1 Å². The zero-order valence-corrected chi connectivity index (χ0v) is 18.4. The third-order valence-corrected chi connectivity index (χ3v) is 6.42. The second-order valence-electron chi connectivity index (χ2n) is 8.40. The summed E-state index contributed by atoms with van der Waals surface area (Å²) in [5.41, 5.74) is 5.78. The fraction of sp³-hybridized carbons (Fsp3) is 0.370. The average molecular weight is 418 g/mol. The first kappa shape index (κ1) is 21.5. The molecule has 0 atom stereocenters. The first-order valence-electron chi connectivity index (χ1n) is 11.4. The summed E-state index contributed by atoms with van der Waals surface area (Å²) in [7, 11) is 0. The van der Waals surface area contributed by atoms with Crippen LogP contribution in [0.15, 0.2) is 73.1 Å². The Morgan fingerprint density at radius 2 is 1.65 bits per heavy atom. The minimum Gasteiger partial charge on any atom is -0.368 e. The van der Waals surface area contributed by atoms with Gasteiger partial charge in [-0.3, -0.25) is 4.98 Å². The first-order valence-corrected chi connectivity index (χ1v) is 11.4. The number of likely N-dealkylation sites (tertiary alicyclic amines) is 1. The van der Waals surface area contributed by atoms with Crippen molar-refractivity contribution in [3.63, 3.8) is 0 Å². The number of hydrogen-bond donors (Lipinski definition) is 0. The maximum Gasteiger partial charge on any atom is 0.123 e. The molecule has 0 amide bonds. The molecule has 2 aliphatic rings. The van der Waals surface area contributed by atoms with Crippen LogP contribution < -0.4 is 4.90 Å². The van der Waals surface area contributed by atoms with E-state index in [1.165, 1.54) is 80.0 Å². The highest BCUT2D eigenvalue weighted by molar-refractivity contribution is 5.60. The molecule has 0 bridgehead atoms. The molecule has 162 valence electrons. The van der Waals surface area contributed by atoms with Crippen molar-refractivity contribution in [2.45, 2.75) is 38.6 Å². The van der Waals surface area contributed by atoms with Gasteiger partial charge in [0.2, 0.25) is 0 Å². The van der Waals surface area contributed by atoms with E-state index in [4.69, 9.17) is 0 Å². The lowest BCUT2D eigenvalue weighted by Crippen LogP contribution is -2.44. The van der Waals surface area contributed by atoms with E-state index in [1.807, 2.05) is 12.4 Å². The summed E-state index contributed by atoms with van der Waals surface area (Å²) < 4.78 is 11.9. The third-order valence-electron chi connectivity index (χ3n) is 6.42. The largest absolute Gasteiger partial charge is 0.368 e. The normalized spacial score (nSPS) is 16.5. The molecule has 31 heavy (non-hydrogen) atoms. The molecule has 0 radical (unpaired) electrons. The molecule has 1 aromatic heterocycles. The van der Waals surface area contributed by atoms with Crippen molar-refractivity contribution >= 4 is 5.69 Å². The van der Waals surface area contributed by atoms with Crippen molar-refractivity contribution in [2.75, 3.05) is 31.1 Å². The van der Waals surface area contributed by atoms with Gasteiger partial charge >= 0.3 is 0 Å². The monoisotopic (exact) mass is 417 g/mol. The lowest BCUT2D eigenvalue weighted by molar-refractivity contribution is 0.219. The van der Waals surface area contributed by atoms with Gasteiger partial charge in [0.25, 0.3) is 0 Å². The van der Waals surface area contributed by atoms with E-state index >= 15 is 0 Å². The molecule has 3 heterocycles. The van der Waals surface area contributed by atoms with Gasteiger partial charge in [0, 0.05) is 43.8 Å². The SMILES string of the molecule is CCN1CCC(N2CCc3ccc(Cc4ccncc4)cc32)CC1.Fc1ccccc1. The third kappa shape index (κ3) is 5.71. The van der Waals surface area contributed by atoms with Gasteiger partial charge in [0.1, 0.15) is 5.82 Å². The molecule has 4 heteroatoms. The van der Waals surface area contributed by atoms with Crippen LogP contribution in [0.3, 0.4) is 0 Å². The Labute approximate surface area is 185 Å². The van der Waals surface area contributed by atoms with Crippen LogP contribution >= 0.6 is 0 Å². The molecule has 5 rings (SSSR count). The van der Waals surface area contributed by atoms with Crippen molar-refractivity contribution < 1.29 is 4.39 Å². The van der Waals surface area contributed by atoms with Gasteiger partial charge in [-0.2, -0.15) is 0 Å². The summed E-state index contributed by atoms with van der Waals surface area (Å²) in [6.45, 7) is 7.18. The molecule has 1 fully saturated rings. The number of halogens is 1. The summed E-state index contributed by atoms with van der Waals surface area (Å²) in [6, 6.07) is 20.0. The lowest BCUT2D eigenvalue weighted by atomic mass is 10.0. The number of piperidine rings is 1. The molecule has 3 nitrogen and oxygen atoms in total. The minimum absolute atomic E-state index is 0.178. The predicted molar refractivity (Wildman–Crippen MR) is 126 cm³/mol. The van der Waals surface area contributed by atoms with E-state index < -0.39 is 0 Å². The summed E-state index contributed by atoms with van der Waals surface area (Å²) in [4.78, 5) is 9.39. The van der Waals surface area contributed by atoms with Crippen LogP contribution in [0.2, 0.25) is 0 Å². The van der Waals surface area contributed by atoms with Crippen molar-refractivity contribution in [3.05, 3.63) is 95.6 Å². The van der Waals surface area contributed by atoms with Gasteiger partial charge in [-0.1, -0.05) is 37.3 Å². The highest BCUT2D eigenvalue weighted by atomic mass is 19.1. The van der Waals surface area contributed by atoms with Gasteiger partial charge in [-0.25, -0.2) is 4.39 Å². The van der Waals surface area contributed by atoms with Gasteiger partial charge in [0.05, 0.1) is 0 Å². The number of fused-ring (bicyclic) bond motifs is 1. The fourth-order valence-electron chi connectivity index (χ4n) is 4.64. The number of rotatable bonds is 4. The van der Waals surface area contributed by atoms with Gasteiger partial charge < -0.3 is 9.80 Å². The molecular weight excluding hydrogens is 385 g/mol. The molecule has 2 aromatic carbocycles. The van der Waals surface area contributed by atoms with E-state index in [0.717, 1.165) is 12.5 Å². The Hall–Kier alpha value is -2.72. The highest BCUT2D eigenvalue weighted by Crippen LogP contribution is 2.34. The number of pyridine rings is 1. The zero-order valence-electron chi connectivity index (χ0n) is 18.4. The zero-order chi connectivity index (χ0) is 21.5. The smallest absolute Gasteiger partial charge is 0.123 e. The van der Waals surface area contributed by atoms with Gasteiger partial charge in [0.15, 0.2) is 0 Å². The number of benzene rings is 2. The highest BCUT2D eigenvalue weighted by Gasteiger charge is 2.28. The van der Waals surface area contributed by atoms with Crippen LogP contribution in [0.5, 0.6) is 0 Å². The number of anilines is 1. The molecule has 0 saturated carbocycles. The maximum atomic E-state index is 11.9. The van der Waals surface area contributed by atoms with Crippen LogP contribution in [0.25, 0.3) is 0 Å². The summed E-state index contributed by atoms with van der Waals surface area (Å²) in [5, 5.41) is 0. The number of aromatic nitrogens is 1. The van der Waals surface area contributed by atoms with Crippen LogP contribution in [0.1, 0.15) is 36.5 Å². The molecule has 3 aromatic rings. The predicted octanol–water partition coefficient (Wildman–Crippen LogP) is 5.34. The molecule has 1 saturated heterocycles. The summed E-state index contributed by atoms with van der Waals surface area (Å²) in [5.74, 6) is -0.178. The Kier molecular flexibility index (Phi) is 7.31. The fourth-order valence-corrected chi connectivity index (χ4v) is 4.64. The second-order valence-corrected chi connectivity index (χ2v) is 8.40. The summed E-state index contributed by atoms with van der Waals surface area (Å²) >= 11 is 0. The molecule has 0 aliphatic carbocycles. The average Bonchev–Trinajstić information content (AvgIpc) is 3.24. The first-order chi connectivity index (χ1) is 15.2. The van der Waals surface area contributed by atoms with E-state index in [-0.39, 0.29) is 5.82 Å². The standard InChI is InChI=1S/C21H27N3.C6H5F/c1-2-23-12-8-20(9-13-23)24-14-7-19-4-3-18(16-21(19)24)15-17-5-10-22-11-6-17;7-6-4-2-1-3-5-6/h3-6,10-11,16,20H,2,7-9,12-15H2,1H3;1-5H. The Morgan fingerprint density at radius 1 is 0.903 bits per heavy atom. The Bertz CT molecular complexity index is 937. The van der Waals surface area contributed by atoms with Crippen LogP contribution in [-0.2, 0) is 12.8 Å². The number of hydrogen-bond acceptors (Lipinski definition) is 3.